The summed E-state index contributed by atoms with van der Waals surface area (Å²) in [7, 11) is 0. The highest BCUT2D eigenvalue weighted by Gasteiger charge is 2.22. The molecule has 1 aromatic carbocycles. The molecule has 0 spiro atoms. The number of ether oxygens (including phenoxy) is 1. The first-order chi connectivity index (χ1) is 14.1. The Bertz CT molecular complexity index is 1080. The highest BCUT2D eigenvalue weighted by Crippen LogP contribution is 2.25. The lowest BCUT2D eigenvalue weighted by atomic mass is 10.0. The molecular weight excluding hydrogens is 368 g/mol. The van der Waals surface area contributed by atoms with Crippen LogP contribution in [0.5, 0.6) is 11.5 Å². The lowest BCUT2D eigenvalue weighted by molar-refractivity contribution is 0.176. The number of aromatic amines is 1. The number of rotatable bonds is 5. The van der Waals surface area contributed by atoms with E-state index in [1.165, 1.54) is 5.56 Å². The second-order valence-electron chi connectivity index (χ2n) is 7.42. The molecule has 1 aliphatic heterocycles. The minimum atomic E-state index is -0.320. The van der Waals surface area contributed by atoms with E-state index in [4.69, 9.17) is 4.74 Å². The highest BCUT2D eigenvalue weighted by atomic mass is 16.5. The van der Waals surface area contributed by atoms with Crippen molar-refractivity contribution in [3.05, 3.63) is 87.0 Å². The Morgan fingerprint density at radius 3 is 2.69 bits per heavy atom. The van der Waals surface area contributed by atoms with Crippen LogP contribution in [0.3, 0.4) is 0 Å². The van der Waals surface area contributed by atoms with Gasteiger partial charge in [0.15, 0.2) is 0 Å². The third-order valence-electron chi connectivity index (χ3n) is 5.27. The zero-order valence-corrected chi connectivity index (χ0v) is 16.4. The van der Waals surface area contributed by atoms with Gasteiger partial charge in [-0.1, -0.05) is 12.1 Å². The Morgan fingerprint density at radius 1 is 1.14 bits per heavy atom. The number of pyridine rings is 1. The first-order valence-corrected chi connectivity index (χ1v) is 9.80. The summed E-state index contributed by atoms with van der Waals surface area (Å²) in [6.07, 6.45) is 6.84. The number of aromatic nitrogens is 3. The van der Waals surface area contributed by atoms with Crippen LogP contribution in [0.2, 0.25) is 0 Å². The normalized spacial score (nSPS) is 15.3. The van der Waals surface area contributed by atoms with E-state index in [0.717, 1.165) is 38.2 Å². The molecule has 1 N–H and O–H groups in total. The van der Waals surface area contributed by atoms with Gasteiger partial charge in [0.25, 0.3) is 5.56 Å². The zero-order valence-electron chi connectivity index (χ0n) is 16.4. The fourth-order valence-electron chi connectivity index (χ4n) is 3.72. The Morgan fingerprint density at radius 2 is 1.93 bits per heavy atom. The maximum atomic E-state index is 12.1. The molecular formula is C22H24N4O3. The number of likely N-dealkylation sites (tertiary alicyclic amines) is 1. The predicted molar refractivity (Wildman–Crippen MR) is 110 cm³/mol. The molecule has 1 fully saturated rings. The van der Waals surface area contributed by atoms with Gasteiger partial charge < -0.3 is 4.74 Å². The van der Waals surface area contributed by atoms with Crippen LogP contribution in [0, 0.1) is 6.92 Å². The van der Waals surface area contributed by atoms with E-state index in [0.29, 0.717) is 11.3 Å². The van der Waals surface area contributed by atoms with Crippen molar-refractivity contribution < 1.29 is 4.74 Å². The maximum absolute atomic E-state index is 12.1. The van der Waals surface area contributed by atoms with Gasteiger partial charge in [-0.25, -0.2) is 4.79 Å². The quantitative estimate of drug-likeness (QED) is 0.722. The van der Waals surface area contributed by atoms with Gasteiger partial charge in [0.1, 0.15) is 11.5 Å². The average molecular weight is 392 g/mol. The summed E-state index contributed by atoms with van der Waals surface area (Å²) in [5.74, 6) is 1.51. The first kappa shape index (κ1) is 19.1. The minimum absolute atomic E-state index is 0.120. The summed E-state index contributed by atoms with van der Waals surface area (Å²) in [5, 5.41) is 0. The number of benzene rings is 1. The maximum Gasteiger partial charge on any atom is 0.328 e. The SMILES string of the molecule is Cc1cn(C2CCN(Cc3cccc(Oc4cccnc4)c3)CC2)c(=O)[nH]c1=O. The topological polar surface area (TPSA) is 80.2 Å². The number of nitrogens with zero attached hydrogens (tertiary/aromatic N) is 3. The molecule has 2 aromatic heterocycles. The van der Waals surface area contributed by atoms with Crippen LogP contribution in [0.1, 0.15) is 30.0 Å². The monoisotopic (exact) mass is 392 g/mol. The van der Waals surface area contributed by atoms with E-state index < -0.39 is 0 Å². The number of hydrogen-bond acceptors (Lipinski definition) is 5. The number of nitrogens with one attached hydrogen (secondary N) is 1. The van der Waals surface area contributed by atoms with Crippen LogP contribution < -0.4 is 16.0 Å². The second kappa shape index (κ2) is 8.45. The van der Waals surface area contributed by atoms with Crippen molar-refractivity contribution in [2.75, 3.05) is 13.1 Å². The molecule has 1 saturated heterocycles. The van der Waals surface area contributed by atoms with Crippen molar-refractivity contribution in [3.8, 4) is 11.5 Å². The van der Waals surface area contributed by atoms with Crippen LogP contribution in [0.25, 0.3) is 0 Å². The average Bonchev–Trinajstić information content (AvgIpc) is 2.72. The molecule has 7 heteroatoms. The van der Waals surface area contributed by atoms with E-state index in [2.05, 4.69) is 27.0 Å². The molecule has 1 aliphatic rings. The van der Waals surface area contributed by atoms with E-state index in [1.807, 2.05) is 24.3 Å². The molecule has 4 rings (SSSR count). The highest BCUT2D eigenvalue weighted by molar-refractivity contribution is 5.32. The van der Waals surface area contributed by atoms with Crippen molar-refractivity contribution in [2.45, 2.75) is 32.4 Å². The van der Waals surface area contributed by atoms with Crippen molar-refractivity contribution in [3.63, 3.8) is 0 Å². The van der Waals surface area contributed by atoms with Gasteiger partial charge in [-0.2, -0.15) is 0 Å². The molecule has 3 heterocycles. The van der Waals surface area contributed by atoms with Crippen LogP contribution in [0.4, 0.5) is 0 Å². The molecule has 0 unspecified atom stereocenters. The molecule has 150 valence electrons. The summed E-state index contributed by atoms with van der Waals surface area (Å²) in [5.41, 5.74) is 1.12. The largest absolute Gasteiger partial charge is 0.456 e. The van der Waals surface area contributed by atoms with E-state index in [9.17, 15) is 9.59 Å². The Hall–Kier alpha value is -3.19. The molecule has 29 heavy (non-hydrogen) atoms. The molecule has 3 aromatic rings. The van der Waals surface area contributed by atoms with Gasteiger partial charge in [-0.05, 0) is 49.6 Å². The third-order valence-corrected chi connectivity index (χ3v) is 5.27. The number of H-pyrrole nitrogens is 1. The summed E-state index contributed by atoms with van der Waals surface area (Å²) in [4.78, 5) is 32.6. The Kier molecular flexibility index (Phi) is 5.57. The Balaban J connectivity index is 1.38. The molecule has 0 saturated carbocycles. The van der Waals surface area contributed by atoms with Gasteiger partial charge >= 0.3 is 5.69 Å². The van der Waals surface area contributed by atoms with Gasteiger partial charge in [0, 0.05) is 43.6 Å². The third kappa shape index (κ3) is 4.63. The number of aryl methyl sites for hydroxylation is 1. The van der Waals surface area contributed by atoms with Crippen molar-refractivity contribution >= 4 is 0 Å². The van der Waals surface area contributed by atoms with Crippen LogP contribution in [-0.2, 0) is 6.54 Å². The van der Waals surface area contributed by atoms with Crippen molar-refractivity contribution in [1.29, 1.82) is 0 Å². The number of piperidine rings is 1. The van der Waals surface area contributed by atoms with E-state index >= 15 is 0 Å². The van der Waals surface area contributed by atoms with E-state index in [-0.39, 0.29) is 17.3 Å². The fourth-order valence-corrected chi connectivity index (χ4v) is 3.72. The lowest BCUT2D eigenvalue weighted by Gasteiger charge is -2.32. The summed E-state index contributed by atoms with van der Waals surface area (Å²) >= 11 is 0. The summed E-state index contributed by atoms with van der Waals surface area (Å²) in [6.45, 7) is 4.34. The molecule has 0 radical (unpaired) electrons. The van der Waals surface area contributed by atoms with Gasteiger partial charge in [0.2, 0.25) is 0 Å². The summed E-state index contributed by atoms with van der Waals surface area (Å²) < 4.78 is 7.55. The molecule has 0 atom stereocenters. The molecule has 0 aliphatic carbocycles. The van der Waals surface area contributed by atoms with Crippen molar-refractivity contribution in [2.24, 2.45) is 0 Å². The van der Waals surface area contributed by atoms with Crippen molar-refractivity contribution in [1.82, 2.24) is 19.4 Å². The standard InChI is InChI=1S/C22H24N4O3/c1-16-14-26(22(28)24-21(16)27)18-7-10-25(11-8-18)15-17-4-2-5-19(12-17)29-20-6-3-9-23-13-20/h2-6,9,12-14,18H,7-8,10-11,15H2,1H3,(H,24,27,28). The minimum Gasteiger partial charge on any atom is -0.456 e. The van der Waals surface area contributed by atoms with E-state index in [1.54, 1.807) is 30.1 Å². The first-order valence-electron chi connectivity index (χ1n) is 9.80. The van der Waals surface area contributed by atoms with Gasteiger partial charge in [-0.15, -0.1) is 0 Å². The van der Waals surface area contributed by atoms with Crippen LogP contribution in [0.15, 0.2) is 64.6 Å². The summed E-state index contributed by atoms with van der Waals surface area (Å²) in [6, 6.07) is 11.9. The van der Waals surface area contributed by atoms with Gasteiger partial charge in [0.05, 0.1) is 6.20 Å². The second-order valence-corrected chi connectivity index (χ2v) is 7.42. The fraction of sp³-hybridized carbons (Fsp3) is 0.318. The van der Waals surface area contributed by atoms with Crippen LogP contribution >= 0.6 is 0 Å². The zero-order chi connectivity index (χ0) is 20.2. The lowest BCUT2D eigenvalue weighted by Crippen LogP contribution is -2.39. The smallest absolute Gasteiger partial charge is 0.328 e. The van der Waals surface area contributed by atoms with Crippen LogP contribution in [-0.4, -0.2) is 32.5 Å². The molecule has 7 nitrogen and oxygen atoms in total. The van der Waals surface area contributed by atoms with Gasteiger partial charge in [-0.3, -0.25) is 24.2 Å². The molecule has 0 amide bonds. The number of hydrogen-bond donors (Lipinski definition) is 1. The molecule has 0 bridgehead atoms. The predicted octanol–water partition coefficient (Wildman–Crippen LogP) is 2.87. The Labute approximate surface area is 168 Å².